The van der Waals surface area contributed by atoms with E-state index in [-0.39, 0.29) is 36.1 Å². The number of carboxylic acids is 1. The Hall–Kier alpha value is -4.60. The normalized spacial score (nSPS) is 12.8. The Morgan fingerprint density at radius 3 is 2.18 bits per heavy atom. The van der Waals surface area contributed by atoms with Crippen LogP contribution in [-0.4, -0.2) is 42.9 Å². The van der Waals surface area contributed by atoms with Crippen LogP contribution in [0.4, 0.5) is 0 Å². The number of carboxylic acid groups (broad SMARTS) is 1. The summed E-state index contributed by atoms with van der Waals surface area (Å²) in [5.41, 5.74) is 2.13. The van der Waals surface area contributed by atoms with E-state index >= 15 is 0 Å². The van der Waals surface area contributed by atoms with Crippen LogP contribution in [0.3, 0.4) is 0 Å². The van der Waals surface area contributed by atoms with Gasteiger partial charge in [-0.25, -0.2) is 18.2 Å². The van der Waals surface area contributed by atoms with Gasteiger partial charge in [0.25, 0.3) is 0 Å². The Labute approximate surface area is 260 Å². The molecule has 1 aromatic heterocycles. The predicted molar refractivity (Wildman–Crippen MR) is 168 cm³/mol. The van der Waals surface area contributed by atoms with Gasteiger partial charge < -0.3 is 19.0 Å². The lowest BCUT2D eigenvalue weighted by Crippen LogP contribution is -2.43. The first kappa shape index (κ1) is 30.8. The molecule has 0 amide bonds. The van der Waals surface area contributed by atoms with Gasteiger partial charge in [-0.2, -0.15) is 0 Å². The SMILES string of the molecule is CC(Cc1ccc(OCCc2nc(-c3cccc(-c4ccccc4)c3)oc2S(C)(=O)=O)cc1)(Oc1ccc(Cl)cc1)C(=O)O. The minimum atomic E-state index is -3.68. The van der Waals surface area contributed by atoms with E-state index in [4.69, 9.17) is 25.5 Å². The van der Waals surface area contributed by atoms with Gasteiger partial charge in [0.1, 0.15) is 17.2 Å². The third-order valence-corrected chi connectivity index (χ3v) is 8.14. The molecule has 5 rings (SSSR count). The number of hydrogen-bond acceptors (Lipinski definition) is 7. The maximum atomic E-state index is 12.5. The van der Waals surface area contributed by atoms with E-state index in [1.54, 1.807) is 48.5 Å². The van der Waals surface area contributed by atoms with E-state index in [2.05, 4.69) is 4.98 Å². The molecule has 0 fully saturated rings. The average molecular weight is 632 g/mol. The van der Waals surface area contributed by atoms with E-state index in [1.807, 2.05) is 54.6 Å². The number of nitrogens with zero attached hydrogens (tertiary/aromatic N) is 1. The zero-order valence-corrected chi connectivity index (χ0v) is 25.6. The van der Waals surface area contributed by atoms with Crippen LogP contribution in [0.25, 0.3) is 22.6 Å². The van der Waals surface area contributed by atoms with Crippen LogP contribution < -0.4 is 9.47 Å². The summed E-state index contributed by atoms with van der Waals surface area (Å²) in [5, 5.41) is 10.2. The molecular weight excluding hydrogens is 602 g/mol. The molecule has 0 aliphatic rings. The van der Waals surface area contributed by atoms with Crippen LogP contribution in [0.2, 0.25) is 5.02 Å². The highest BCUT2D eigenvalue weighted by Crippen LogP contribution is 2.30. The van der Waals surface area contributed by atoms with Crippen molar-refractivity contribution in [3.63, 3.8) is 0 Å². The van der Waals surface area contributed by atoms with Gasteiger partial charge in [0, 0.05) is 29.7 Å². The predicted octanol–water partition coefficient (Wildman–Crippen LogP) is 7.15. The molecule has 4 aromatic carbocycles. The van der Waals surface area contributed by atoms with Crippen molar-refractivity contribution in [2.24, 2.45) is 0 Å². The maximum absolute atomic E-state index is 12.5. The Morgan fingerprint density at radius 1 is 0.886 bits per heavy atom. The van der Waals surface area contributed by atoms with Crippen molar-refractivity contribution in [3.05, 3.63) is 119 Å². The highest BCUT2D eigenvalue weighted by atomic mass is 35.5. The average Bonchev–Trinajstić information content (AvgIpc) is 3.45. The molecule has 1 unspecified atom stereocenters. The minimum Gasteiger partial charge on any atom is -0.493 e. The van der Waals surface area contributed by atoms with E-state index in [9.17, 15) is 18.3 Å². The first-order valence-electron chi connectivity index (χ1n) is 13.8. The topological polar surface area (TPSA) is 116 Å². The molecular formula is C34H30ClNO7S. The largest absolute Gasteiger partial charge is 0.493 e. The van der Waals surface area contributed by atoms with E-state index in [0.717, 1.165) is 22.9 Å². The number of oxazole rings is 1. The number of ether oxygens (including phenoxy) is 2. The summed E-state index contributed by atoms with van der Waals surface area (Å²) in [6.07, 6.45) is 1.39. The molecule has 5 aromatic rings. The zero-order chi connectivity index (χ0) is 31.3. The summed E-state index contributed by atoms with van der Waals surface area (Å²) in [4.78, 5) is 16.6. The molecule has 226 valence electrons. The summed E-state index contributed by atoms with van der Waals surface area (Å²) < 4.78 is 42.5. The molecule has 1 N–H and O–H groups in total. The van der Waals surface area contributed by atoms with Crippen LogP contribution in [0, 0.1) is 0 Å². The molecule has 0 spiro atoms. The number of aliphatic carboxylic acids is 1. The van der Waals surface area contributed by atoms with Crippen LogP contribution in [-0.2, 0) is 27.5 Å². The van der Waals surface area contributed by atoms with Crippen molar-refractivity contribution in [2.75, 3.05) is 12.9 Å². The molecule has 0 saturated carbocycles. The van der Waals surface area contributed by atoms with Crippen LogP contribution in [0.15, 0.2) is 113 Å². The number of benzene rings is 4. The van der Waals surface area contributed by atoms with E-state index in [1.165, 1.54) is 6.92 Å². The molecule has 0 bridgehead atoms. The molecule has 8 nitrogen and oxygen atoms in total. The minimum absolute atomic E-state index is 0.107. The van der Waals surface area contributed by atoms with Gasteiger partial charge in [-0.3, -0.25) is 0 Å². The highest BCUT2D eigenvalue weighted by Gasteiger charge is 2.36. The maximum Gasteiger partial charge on any atom is 0.348 e. The Bertz CT molecular complexity index is 1850. The molecule has 1 heterocycles. The highest BCUT2D eigenvalue weighted by molar-refractivity contribution is 7.90. The lowest BCUT2D eigenvalue weighted by Gasteiger charge is -2.26. The number of aromatic nitrogens is 1. The van der Waals surface area contributed by atoms with Crippen molar-refractivity contribution in [2.45, 2.75) is 30.5 Å². The van der Waals surface area contributed by atoms with Gasteiger partial charge in [0.05, 0.1) is 6.61 Å². The fourth-order valence-corrected chi connectivity index (χ4v) is 5.58. The van der Waals surface area contributed by atoms with E-state index in [0.29, 0.717) is 22.1 Å². The smallest absolute Gasteiger partial charge is 0.348 e. The molecule has 0 saturated heterocycles. The number of halogens is 1. The summed E-state index contributed by atoms with van der Waals surface area (Å²) in [7, 11) is -3.68. The summed E-state index contributed by atoms with van der Waals surface area (Å²) in [6.45, 7) is 1.65. The molecule has 0 aliphatic heterocycles. The third-order valence-electron chi connectivity index (χ3n) is 6.90. The van der Waals surface area contributed by atoms with Gasteiger partial charge in [-0.15, -0.1) is 0 Å². The Kier molecular flexibility index (Phi) is 9.08. The second-order valence-corrected chi connectivity index (χ2v) is 12.8. The van der Waals surface area contributed by atoms with Crippen LogP contribution >= 0.6 is 11.6 Å². The van der Waals surface area contributed by atoms with Crippen molar-refractivity contribution in [1.82, 2.24) is 4.98 Å². The third kappa shape index (κ3) is 7.48. The summed E-state index contributed by atoms with van der Waals surface area (Å²) >= 11 is 5.92. The first-order valence-corrected chi connectivity index (χ1v) is 16.0. The van der Waals surface area contributed by atoms with Crippen molar-refractivity contribution >= 4 is 27.4 Å². The molecule has 44 heavy (non-hydrogen) atoms. The number of carbonyl (C=O) groups is 1. The van der Waals surface area contributed by atoms with Gasteiger partial charge in [0.15, 0.2) is 0 Å². The second-order valence-electron chi connectivity index (χ2n) is 10.5. The number of sulfone groups is 1. The summed E-state index contributed by atoms with van der Waals surface area (Å²) in [5.74, 6) is 0.0373. The fraction of sp³-hybridized carbons (Fsp3) is 0.176. The summed E-state index contributed by atoms with van der Waals surface area (Å²) in [6, 6.07) is 30.9. The fourth-order valence-electron chi connectivity index (χ4n) is 4.65. The first-order chi connectivity index (χ1) is 21.0. The van der Waals surface area contributed by atoms with Gasteiger partial charge in [0.2, 0.25) is 26.4 Å². The van der Waals surface area contributed by atoms with Gasteiger partial charge in [-0.1, -0.05) is 66.2 Å². The van der Waals surface area contributed by atoms with Crippen LogP contribution in [0.5, 0.6) is 11.5 Å². The molecule has 0 aliphatic carbocycles. The standard InChI is InChI=1S/C34H30ClNO7S/c1-34(33(37)38,43-29-17-13-27(35)14-18-29)22-23-11-15-28(16-12-23)41-20-19-30-32(44(2,39)40)42-31(36-30)26-10-6-9-25(21-26)24-7-4-3-5-8-24/h3-18,21H,19-20,22H2,1-2H3,(H,37,38). The Morgan fingerprint density at radius 2 is 1.52 bits per heavy atom. The second kappa shape index (κ2) is 13.0. The van der Waals surface area contributed by atoms with Crippen LogP contribution in [0.1, 0.15) is 18.2 Å². The van der Waals surface area contributed by atoms with Crippen molar-refractivity contribution in [3.8, 4) is 34.1 Å². The lowest BCUT2D eigenvalue weighted by atomic mass is 9.96. The Balaban J connectivity index is 1.26. The number of hydrogen-bond donors (Lipinski definition) is 1. The van der Waals surface area contributed by atoms with Crippen molar-refractivity contribution < 1.29 is 32.2 Å². The van der Waals surface area contributed by atoms with Gasteiger partial charge in [-0.05, 0) is 72.1 Å². The van der Waals surface area contributed by atoms with Crippen molar-refractivity contribution in [1.29, 1.82) is 0 Å². The molecule has 1 atom stereocenters. The molecule has 0 radical (unpaired) electrons. The quantitative estimate of drug-likeness (QED) is 0.154. The monoisotopic (exact) mass is 631 g/mol. The zero-order valence-electron chi connectivity index (χ0n) is 24.1. The van der Waals surface area contributed by atoms with E-state index < -0.39 is 21.4 Å². The van der Waals surface area contributed by atoms with Gasteiger partial charge >= 0.3 is 5.97 Å². The lowest BCUT2D eigenvalue weighted by molar-refractivity contribution is -0.153. The number of rotatable bonds is 12. The molecule has 10 heteroatoms.